The molecule has 0 unspecified atom stereocenters. The van der Waals surface area contributed by atoms with Crippen LogP contribution in [0.4, 0.5) is 18.9 Å². The zero-order chi connectivity index (χ0) is 21.7. The van der Waals surface area contributed by atoms with Crippen LogP contribution in [-0.2, 0) is 4.79 Å². The van der Waals surface area contributed by atoms with Gasteiger partial charge in [0.05, 0.1) is 12.9 Å². The molecule has 0 saturated carbocycles. The number of hydrogen-bond acceptors (Lipinski definition) is 6. The summed E-state index contributed by atoms with van der Waals surface area (Å²) in [7, 11) is 1.53. The minimum absolute atomic E-state index is 0.139. The lowest BCUT2D eigenvalue weighted by atomic mass is 10.3. The fourth-order valence-corrected chi connectivity index (χ4v) is 3.13. The lowest BCUT2D eigenvalue weighted by molar-refractivity contribution is -0.704. The number of nitrogens with one attached hydrogen (secondary N) is 2. The van der Waals surface area contributed by atoms with Crippen LogP contribution < -0.4 is 25.1 Å². The number of alkyl halides is 3. The Balaban J connectivity index is 1.62. The molecule has 0 aliphatic rings. The van der Waals surface area contributed by atoms with E-state index in [-0.39, 0.29) is 16.5 Å². The van der Waals surface area contributed by atoms with Gasteiger partial charge < -0.3 is 14.8 Å². The van der Waals surface area contributed by atoms with E-state index in [0.29, 0.717) is 11.4 Å². The summed E-state index contributed by atoms with van der Waals surface area (Å²) >= 11 is 0.932. The largest absolute Gasteiger partial charge is 0.573 e. The summed E-state index contributed by atoms with van der Waals surface area (Å²) in [5, 5.41) is 5.12. The molecule has 0 radical (unpaired) electrons. The zero-order valence-electron chi connectivity index (χ0n) is 15.4. The topological polar surface area (TPSA) is 97.4 Å². The molecule has 8 nitrogen and oxygen atoms in total. The van der Waals surface area contributed by atoms with Gasteiger partial charge in [0.15, 0.2) is 0 Å². The average Bonchev–Trinajstić information content (AvgIpc) is 3.07. The second-order valence-electron chi connectivity index (χ2n) is 5.73. The minimum Gasteiger partial charge on any atom is -0.497 e. The molecule has 0 spiro atoms. The molecule has 3 rings (SSSR count). The first-order chi connectivity index (χ1) is 14.2. The van der Waals surface area contributed by atoms with Crippen LogP contribution in [0.2, 0.25) is 0 Å². The van der Waals surface area contributed by atoms with Gasteiger partial charge in [0.2, 0.25) is 11.6 Å². The Labute approximate surface area is 171 Å². The number of nitrogens with zero attached hydrogens (tertiary/aromatic N) is 1. The number of carbonyl (C=O) groups is 1. The van der Waals surface area contributed by atoms with Gasteiger partial charge in [0, 0.05) is 17.8 Å². The van der Waals surface area contributed by atoms with Crippen LogP contribution in [0.25, 0.3) is 5.69 Å². The Morgan fingerprint density at radius 1 is 1.13 bits per heavy atom. The SMILES string of the molecule is COc1ccc(-[n+]2[nH]oc(=O)c2SCC(=O)Nc2ccc(OC(F)(F)F)cc2)cc1. The maximum Gasteiger partial charge on any atom is 0.573 e. The van der Waals surface area contributed by atoms with E-state index < -0.39 is 23.6 Å². The van der Waals surface area contributed by atoms with E-state index in [0.717, 1.165) is 23.9 Å². The monoisotopic (exact) mass is 442 g/mol. The number of amides is 1. The van der Waals surface area contributed by atoms with Gasteiger partial charge in [-0.05, 0) is 58.1 Å². The van der Waals surface area contributed by atoms with E-state index in [4.69, 9.17) is 9.26 Å². The van der Waals surface area contributed by atoms with Gasteiger partial charge in [-0.2, -0.15) is 0 Å². The van der Waals surface area contributed by atoms with Crippen molar-refractivity contribution in [3.8, 4) is 17.2 Å². The Bertz CT molecular complexity index is 1060. The summed E-state index contributed by atoms with van der Waals surface area (Å²) in [6.45, 7) is 0. The summed E-state index contributed by atoms with van der Waals surface area (Å²) < 4.78 is 51.5. The Kier molecular flexibility index (Phi) is 6.35. The minimum atomic E-state index is -4.79. The molecule has 1 aromatic heterocycles. The number of ether oxygens (including phenoxy) is 2. The van der Waals surface area contributed by atoms with Crippen LogP contribution >= 0.6 is 11.8 Å². The van der Waals surface area contributed by atoms with Crippen molar-refractivity contribution >= 4 is 23.4 Å². The molecule has 30 heavy (non-hydrogen) atoms. The number of H-pyrrole nitrogens is 1. The quantitative estimate of drug-likeness (QED) is 0.432. The third-order valence-electron chi connectivity index (χ3n) is 3.65. The Hall–Kier alpha value is -3.41. The highest BCUT2D eigenvalue weighted by atomic mass is 32.2. The van der Waals surface area contributed by atoms with E-state index >= 15 is 0 Å². The van der Waals surface area contributed by atoms with Gasteiger partial charge in [-0.25, -0.2) is 4.79 Å². The predicted molar refractivity (Wildman–Crippen MR) is 99.9 cm³/mol. The lowest BCUT2D eigenvalue weighted by Crippen LogP contribution is -2.36. The van der Waals surface area contributed by atoms with Crippen molar-refractivity contribution < 1.29 is 36.6 Å². The van der Waals surface area contributed by atoms with Crippen LogP contribution in [0.3, 0.4) is 0 Å². The first-order valence-corrected chi connectivity index (χ1v) is 9.30. The molecule has 0 aliphatic carbocycles. The molecule has 12 heteroatoms. The fourth-order valence-electron chi connectivity index (χ4n) is 2.36. The molecule has 158 valence electrons. The van der Waals surface area contributed by atoms with Gasteiger partial charge in [-0.1, -0.05) is 0 Å². The molecular weight excluding hydrogens is 427 g/mol. The summed E-state index contributed by atoms with van der Waals surface area (Å²) in [4.78, 5) is 24.1. The number of benzene rings is 2. The third-order valence-corrected chi connectivity index (χ3v) is 4.68. The van der Waals surface area contributed by atoms with Crippen molar-refractivity contribution in [3.05, 3.63) is 59.0 Å². The molecular formula is C18H15F3N3O5S+. The van der Waals surface area contributed by atoms with Crippen LogP contribution in [-0.4, -0.2) is 30.4 Å². The predicted octanol–water partition coefficient (Wildman–Crippen LogP) is 2.88. The average molecular weight is 442 g/mol. The number of rotatable bonds is 7. The molecule has 1 amide bonds. The maximum absolute atomic E-state index is 12.2. The molecule has 0 saturated heterocycles. The highest BCUT2D eigenvalue weighted by Gasteiger charge is 2.31. The third kappa shape index (κ3) is 5.56. The van der Waals surface area contributed by atoms with Crippen molar-refractivity contribution in [2.45, 2.75) is 11.4 Å². The first-order valence-electron chi connectivity index (χ1n) is 8.31. The van der Waals surface area contributed by atoms with Crippen LogP contribution in [0, 0.1) is 0 Å². The number of halogens is 3. The van der Waals surface area contributed by atoms with Gasteiger partial charge in [-0.15, -0.1) is 13.2 Å². The summed E-state index contributed by atoms with van der Waals surface area (Å²) in [6.07, 6.45) is -4.79. The molecule has 3 aromatic rings. The number of methoxy groups -OCH3 is 1. The molecule has 0 atom stereocenters. The smallest absolute Gasteiger partial charge is 0.497 e. The van der Waals surface area contributed by atoms with Crippen molar-refractivity contribution in [1.29, 1.82) is 0 Å². The van der Waals surface area contributed by atoms with Crippen molar-refractivity contribution in [2.24, 2.45) is 0 Å². The fraction of sp³-hybridized carbons (Fsp3) is 0.167. The highest BCUT2D eigenvalue weighted by molar-refractivity contribution is 7.99. The summed E-state index contributed by atoms with van der Waals surface area (Å²) in [5.41, 5.74) is 0.210. The van der Waals surface area contributed by atoms with Crippen molar-refractivity contribution in [1.82, 2.24) is 5.27 Å². The van der Waals surface area contributed by atoms with Crippen molar-refractivity contribution in [3.63, 3.8) is 0 Å². The Morgan fingerprint density at radius 3 is 2.37 bits per heavy atom. The molecule has 0 aliphatic heterocycles. The van der Waals surface area contributed by atoms with E-state index in [1.807, 2.05) is 0 Å². The zero-order valence-corrected chi connectivity index (χ0v) is 16.2. The second kappa shape index (κ2) is 8.95. The van der Waals surface area contributed by atoms with Gasteiger partial charge in [0.1, 0.15) is 11.5 Å². The van der Waals surface area contributed by atoms with Gasteiger partial charge in [0.25, 0.3) is 0 Å². The molecule has 2 aromatic carbocycles. The van der Waals surface area contributed by atoms with Gasteiger partial charge in [-0.3, -0.25) is 9.32 Å². The van der Waals surface area contributed by atoms with Crippen LogP contribution in [0.15, 0.2) is 62.9 Å². The number of hydrogen-bond donors (Lipinski definition) is 2. The molecule has 0 bridgehead atoms. The number of thioether (sulfide) groups is 1. The van der Waals surface area contributed by atoms with Crippen LogP contribution in [0.1, 0.15) is 0 Å². The second-order valence-corrected chi connectivity index (χ2v) is 6.69. The number of aromatic amines is 1. The van der Waals surface area contributed by atoms with E-state index in [1.54, 1.807) is 24.3 Å². The van der Waals surface area contributed by atoms with Crippen LogP contribution in [0.5, 0.6) is 11.5 Å². The first kappa shape index (κ1) is 21.3. The number of aromatic nitrogens is 2. The van der Waals surface area contributed by atoms with E-state index in [1.165, 1.54) is 23.9 Å². The lowest BCUT2D eigenvalue weighted by Gasteiger charge is -2.09. The number of carbonyl (C=O) groups excluding carboxylic acids is 1. The van der Waals surface area contributed by atoms with E-state index in [2.05, 4.69) is 15.3 Å². The van der Waals surface area contributed by atoms with E-state index in [9.17, 15) is 22.8 Å². The Morgan fingerprint density at radius 2 is 1.77 bits per heavy atom. The molecule has 2 N–H and O–H groups in total. The standard InChI is InChI=1S/C18H14F3N3O5S/c1-27-13-8-4-12(5-9-13)24-16(17(26)29-23-24)30-10-15(25)22-11-2-6-14(7-3-11)28-18(19,20)21/h2-9H,10H2,1H3,(H-,22,23,25,26)/p+1. The van der Waals surface area contributed by atoms with Gasteiger partial charge >= 0.3 is 17.0 Å². The molecule has 0 fully saturated rings. The summed E-state index contributed by atoms with van der Waals surface area (Å²) in [5.74, 6) is -0.378. The normalized spacial score (nSPS) is 11.2. The van der Waals surface area contributed by atoms with Crippen molar-refractivity contribution in [2.75, 3.05) is 18.2 Å². The summed E-state index contributed by atoms with van der Waals surface area (Å²) in [6, 6.07) is 11.5. The number of anilines is 1. The maximum atomic E-state index is 12.2. The molecule has 1 heterocycles. The highest BCUT2D eigenvalue weighted by Crippen LogP contribution is 2.24.